The maximum absolute atomic E-state index is 12.9. The Bertz CT molecular complexity index is 374. The van der Waals surface area contributed by atoms with Crippen molar-refractivity contribution in [2.24, 2.45) is 29.6 Å². The van der Waals surface area contributed by atoms with Crippen molar-refractivity contribution < 1.29 is 4.79 Å². The smallest absolute Gasteiger partial charge is 0.226 e. The second-order valence-electron chi connectivity index (χ2n) is 7.59. The predicted octanol–water partition coefficient (Wildman–Crippen LogP) is 2.27. The molecule has 5 atom stereocenters. The Morgan fingerprint density at radius 1 is 1.20 bits per heavy atom. The number of carbonyl (C=O) groups is 1. The van der Waals surface area contributed by atoms with Crippen molar-refractivity contribution >= 4 is 5.91 Å². The molecule has 2 bridgehead atoms. The molecule has 3 heteroatoms. The number of nitrogens with one attached hydrogen (secondary N) is 1. The summed E-state index contributed by atoms with van der Waals surface area (Å²) in [6.07, 6.45) is 7.87. The first-order chi connectivity index (χ1) is 9.79. The highest BCUT2D eigenvalue weighted by Crippen LogP contribution is 2.69. The van der Waals surface area contributed by atoms with E-state index in [9.17, 15) is 4.79 Å². The molecule has 3 nitrogen and oxygen atoms in total. The zero-order chi connectivity index (χ0) is 13.7. The van der Waals surface area contributed by atoms with Gasteiger partial charge < -0.3 is 10.2 Å². The Morgan fingerprint density at radius 3 is 2.55 bits per heavy atom. The molecule has 0 aromatic rings. The molecular weight excluding hydrogens is 248 g/mol. The van der Waals surface area contributed by atoms with Crippen LogP contribution in [0.2, 0.25) is 0 Å². The molecule has 1 amide bonds. The largest absolute Gasteiger partial charge is 0.341 e. The Balaban J connectivity index is 1.40. The molecule has 0 spiro atoms. The molecule has 20 heavy (non-hydrogen) atoms. The summed E-state index contributed by atoms with van der Waals surface area (Å²) in [4.78, 5) is 15.1. The van der Waals surface area contributed by atoms with Gasteiger partial charge in [-0.25, -0.2) is 0 Å². The van der Waals surface area contributed by atoms with Crippen LogP contribution in [-0.2, 0) is 4.79 Å². The first-order valence-corrected chi connectivity index (χ1v) is 8.81. The number of hydrogen-bond acceptors (Lipinski definition) is 2. The number of carbonyl (C=O) groups excluding carboxylic acids is 1. The third-order valence-electron chi connectivity index (χ3n) is 6.43. The lowest BCUT2D eigenvalue weighted by Crippen LogP contribution is -2.43. The summed E-state index contributed by atoms with van der Waals surface area (Å²) in [6.45, 7) is 5.25. The number of nitrogens with zero attached hydrogens (tertiary/aromatic N) is 1. The van der Waals surface area contributed by atoms with Crippen LogP contribution in [0.5, 0.6) is 0 Å². The van der Waals surface area contributed by atoms with Gasteiger partial charge >= 0.3 is 0 Å². The van der Waals surface area contributed by atoms with E-state index in [1.54, 1.807) is 0 Å². The van der Waals surface area contributed by atoms with Crippen molar-refractivity contribution in [2.45, 2.75) is 51.5 Å². The van der Waals surface area contributed by atoms with Gasteiger partial charge in [-0.3, -0.25) is 4.79 Å². The minimum absolute atomic E-state index is 0.425. The molecule has 3 saturated carbocycles. The van der Waals surface area contributed by atoms with Gasteiger partial charge in [-0.1, -0.05) is 6.92 Å². The molecule has 1 N–H and O–H groups in total. The summed E-state index contributed by atoms with van der Waals surface area (Å²) in [5.41, 5.74) is 0. The van der Waals surface area contributed by atoms with Crippen molar-refractivity contribution in [2.75, 3.05) is 19.6 Å². The van der Waals surface area contributed by atoms with E-state index in [1.165, 1.54) is 32.1 Å². The minimum Gasteiger partial charge on any atom is -0.341 e. The highest BCUT2D eigenvalue weighted by atomic mass is 16.2. The maximum Gasteiger partial charge on any atom is 0.226 e. The topological polar surface area (TPSA) is 32.3 Å². The van der Waals surface area contributed by atoms with E-state index in [2.05, 4.69) is 17.1 Å². The van der Waals surface area contributed by atoms with Gasteiger partial charge in [-0.05, 0) is 68.7 Å². The molecular formula is C17H28N2O. The lowest BCUT2D eigenvalue weighted by Gasteiger charge is -2.26. The van der Waals surface area contributed by atoms with Crippen LogP contribution >= 0.6 is 0 Å². The lowest BCUT2D eigenvalue weighted by atomic mass is 10.0. The maximum atomic E-state index is 12.9. The van der Waals surface area contributed by atoms with Crippen LogP contribution in [0, 0.1) is 29.6 Å². The van der Waals surface area contributed by atoms with Gasteiger partial charge in [0.2, 0.25) is 5.91 Å². The van der Waals surface area contributed by atoms with Crippen LogP contribution in [0.3, 0.4) is 0 Å². The zero-order valence-corrected chi connectivity index (χ0v) is 12.7. The Labute approximate surface area is 122 Å². The van der Waals surface area contributed by atoms with E-state index >= 15 is 0 Å². The number of rotatable bonds is 5. The van der Waals surface area contributed by atoms with Crippen molar-refractivity contribution in [3.05, 3.63) is 0 Å². The zero-order valence-electron chi connectivity index (χ0n) is 12.7. The van der Waals surface area contributed by atoms with Crippen LogP contribution in [-0.4, -0.2) is 36.5 Å². The Kier molecular flexibility index (Phi) is 3.29. The average Bonchev–Trinajstić information content (AvgIpc) is 2.87. The van der Waals surface area contributed by atoms with Crippen molar-refractivity contribution in [1.29, 1.82) is 0 Å². The fraction of sp³-hybridized carbons (Fsp3) is 0.941. The molecule has 3 aliphatic carbocycles. The van der Waals surface area contributed by atoms with E-state index in [0.717, 1.165) is 49.7 Å². The first-order valence-electron chi connectivity index (χ1n) is 8.81. The summed E-state index contributed by atoms with van der Waals surface area (Å²) in [6, 6.07) is 0.556. The van der Waals surface area contributed by atoms with Crippen LogP contribution in [0.15, 0.2) is 0 Å². The molecule has 1 aliphatic heterocycles. The quantitative estimate of drug-likeness (QED) is 0.835. The fourth-order valence-electron chi connectivity index (χ4n) is 5.61. The summed E-state index contributed by atoms with van der Waals surface area (Å²) < 4.78 is 0. The van der Waals surface area contributed by atoms with Crippen molar-refractivity contribution in [1.82, 2.24) is 10.2 Å². The Hall–Kier alpha value is -0.570. The normalized spacial score (nSPS) is 44.6. The van der Waals surface area contributed by atoms with Gasteiger partial charge in [0.15, 0.2) is 0 Å². The highest BCUT2D eigenvalue weighted by molar-refractivity contribution is 5.83. The second-order valence-corrected chi connectivity index (χ2v) is 7.59. The molecule has 4 aliphatic rings. The molecule has 4 rings (SSSR count). The predicted molar refractivity (Wildman–Crippen MR) is 79.2 cm³/mol. The van der Waals surface area contributed by atoms with E-state index < -0.39 is 0 Å². The summed E-state index contributed by atoms with van der Waals surface area (Å²) >= 11 is 0. The van der Waals surface area contributed by atoms with Crippen LogP contribution in [0.25, 0.3) is 0 Å². The van der Waals surface area contributed by atoms with Crippen molar-refractivity contribution in [3.63, 3.8) is 0 Å². The van der Waals surface area contributed by atoms with E-state index in [0.29, 0.717) is 17.9 Å². The number of fused-ring (bicyclic) bond motifs is 5. The number of hydrogen-bond donors (Lipinski definition) is 1. The molecule has 4 fully saturated rings. The highest BCUT2D eigenvalue weighted by Gasteiger charge is 2.67. The molecule has 0 aromatic heterocycles. The molecule has 0 radical (unpaired) electrons. The van der Waals surface area contributed by atoms with E-state index in [4.69, 9.17) is 0 Å². The van der Waals surface area contributed by atoms with Crippen LogP contribution in [0.1, 0.15) is 45.4 Å². The van der Waals surface area contributed by atoms with Gasteiger partial charge in [-0.2, -0.15) is 0 Å². The lowest BCUT2D eigenvalue weighted by molar-refractivity contribution is -0.134. The standard InChI is InChI=1S/C17H28N2O/c1-2-8-19(10-13-4-3-7-18-13)17(20)16-14-11-5-6-12(9-11)15(14)16/h11-16,18H,2-10H2,1H3. The van der Waals surface area contributed by atoms with Crippen LogP contribution < -0.4 is 5.32 Å². The van der Waals surface area contributed by atoms with E-state index in [-0.39, 0.29) is 0 Å². The van der Waals surface area contributed by atoms with Gasteiger partial charge in [0.1, 0.15) is 0 Å². The summed E-state index contributed by atoms with van der Waals surface area (Å²) in [5, 5.41) is 3.55. The minimum atomic E-state index is 0.425. The molecule has 5 unspecified atom stereocenters. The molecule has 1 saturated heterocycles. The average molecular weight is 276 g/mol. The van der Waals surface area contributed by atoms with Crippen molar-refractivity contribution in [3.8, 4) is 0 Å². The van der Waals surface area contributed by atoms with Gasteiger partial charge in [-0.15, -0.1) is 0 Å². The van der Waals surface area contributed by atoms with Gasteiger partial charge in [0.25, 0.3) is 0 Å². The van der Waals surface area contributed by atoms with Crippen LogP contribution in [0.4, 0.5) is 0 Å². The monoisotopic (exact) mass is 276 g/mol. The fourth-order valence-corrected chi connectivity index (χ4v) is 5.61. The van der Waals surface area contributed by atoms with Gasteiger partial charge in [0, 0.05) is 25.0 Å². The molecule has 0 aromatic carbocycles. The third kappa shape index (κ3) is 2.01. The second kappa shape index (κ2) is 5.01. The Morgan fingerprint density at radius 2 is 1.95 bits per heavy atom. The van der Waals surface area contributed by atoms with Gasteiger partial charge in [0.05, 0.1) is 0 Å². The third-order valence-corrected chi connectivity index (χ3v) is 6.43. The van der Waals surface area contributed by atoms with E-state index in [1.807, 2.05) is 0 Å². The molecule has 112 valence electrons. The number of amides is 1. The SMILES string of the molecule is CCCN(CC1CCCN1)C(=O)C1C2C3CCC(C3)C12. The molecule has 1 heterocycles. The summed E-state index contributed by atoms with van der Waals surface area (Å²) in [5.74, 6) is 4.33. The summed E-state index contributed by atoms with van der Waals surface area (Å²) in [7, 11) is 0. The first kappa shape index (κ1) is 13.1.